The van der Waals surface area contributed by atoms with Crippen LogP contribution < -0.4 is 0 Å². The monoisotopic (exact) mass is 371 g/mol. The molecule has 3 rings (SSSR count). The van der Waals surface area contributed by atoms with Crippen LogP contribution in [0.15, 0.2) is 30.3 Å². The van der Waals surface area contributed by atoms with Gasteiger partial charge >= 0.3 is 6.03 Å². The standard InChI is InChI=1S/C22H33N3O2/c1-5-18(4)23-13-11-22(12-14-23)20(26)24(15-17(2)3)21(27)25(22)16-19-9-7-6-8-10-19/h6-10,17-18H,5,11-16H2,1-4H3/t18-/m0/s1. The number of piperidine rings is 1. The van der Waals surface area contributed by atoms with Crippen LogP contribution in [0.4, 0.5) is 4.79 Å². The van der Waals surface area contributed by atoms with Gasteiger partial charge in [0.05, 0.1) is 0 Å². The molecule has 0 radical (unpaired) electrons. The zero-order valence-electron chi connectivity index (χ0n) is 17.1. The molecule has 148 valence electrons. The van der Waals surface area contributed by atoms with Crippen LogP contribution in [0.3, 0.4) is 0 Å². The summed E-state index contributed by atoms with van der Waals surface area (Å²) in [6.45, 7) is 11.3. The number of hydrogen-bond donors (Lipinski definition) is 0. The molecule has 3 amide bonds. The summed E-state index contributed by atoms with van der Waals surface area (Å²) < 4.78 is 0. The quantitative estimate of drug-likeness (QED) is 0.716. The Morgan fingerprint density at radius 1 is 1.04 bits per heavy atom. The normalized spacial score (nSPS) is 21.5. The number of imide groups is 1. The molecule has 1 atom stereocenters. The minimum Gasteiger partial charge on any atom is -0.305 e. The molecular formula is C22H33N3O2. The van der Waals surface area contributed by atoms with E-state index >= 15 is 0 Å². The van der Waals surface area contributed by atoms with Crippen molar-refractivity contribution in [1.82, 2.24) is 14.7 Å². The average molecular weight is 372 g/mol. The molecule has 2 saturated heterocycles. The molecule has 0 saturated carbocycles. The molecule has 27 heavy (non-hydrogen) atoms. The third-order valence-electron chi connectivity index (χ3n) is 6.19. The number of urea groups is 1. The molecule has 2 heterocycles. The highest BCUT2D eigenvalue weighted by molar-refractivity contribution is 6.07. The summed E-state index contributed by atoms with van der Waals surface area (Å²) in [4.78, 5) is 32.5. The van der Waals surface area contributed by atoms with Gasteiger partial charge in [-0.25, -0.2) is 4.79 Å². The lowest BCUT2D eigenvalue weighted by Gasteiger charge is -2.44. The largest absolute Gasteiger partial charge is 0.327 e. The van der Waals surface area contributed by atoms with E-state index in [1.165, 1.54) is 4.90 Å². The molecule has 0 N–H and O–H groups in total. The van der Waals surface area contributed by atoms with Gasteiger partial charge in [-0.1, -0.05) is 51.1 Å². The van der Waals surface area contributed by atoms with Gasteiger partial charge in [0.2, 0.25) is 0 Å². The van der Waals surface area contributed by atoms with Crippen LogP contribution >= 0.6 is 0 Å². The first-order chi connectivity index (χ1) is 12.9. The maximum atomic E-state index is 13.4. The van der Waals surface area contributed by atoms with Crippen molar-refractivity contribution >= 4 is 11.9 Å². The Kier molecular flexibility index (Phi) is 5.89. The van der Waals surface area contributed by atoms with E-state index < -0.39 is 5.54 Å². The van der Waals surface area contributed by atoms with Crippen LogP contribution in [-0.4, -0.2) is 57.9 Å². The molecule has 2 aliphatic rings. The third kappa shape index (κ3) is 3.75. The summed E-state index contributed by atoms with van der Waals surface area (Å²) in [7, 11) is 0. The number of amides is 3. The van der Waals surface area contributed by atoms with Crippen molar-refractivity contribution < 1.29 is 9.59 Å². The number of nitrogens with zero attached hydrogens (tertiary/aromatic N) is 3. The van der Waals surface area contributed by atoms with Crippen LogP contribution in [0, 0.1) is 5.92 Å². The van der Waals surface area contributed by atoms with E-state index in [9.17, 15) is 9.59 Å². The Morgan fingerprint density at radius 3 is 2.22 bits per heavy atom. The maximum absolute atomic E-state index is 13.4. The van der Waals surface area contributed by atoms with Gasteiger partial charge in [0.15, 0.2) is 0 Å². The van der Waals surface area contributed by atoms with E-state index in [1.807, 2.05) is 35.2 Å². The Labute approximate surface area is 163 Å². The molecule has 0 aliphatic carbocycles. The second kappa shape index (κ2) is 8.01. The fourth-order valence-electron chi connectivity index (χ4n) is 4.37. The van der Waals surface area contributed by atoms with E-state index in [2.05, 4.69) is 32.6 Å². The first kappa shape index (κ1) is 19.9. The van der Waals surface area contributed by atoms with E-state index in [0.29, 0.717) is 19.1 Å². The molecule has 0 unspecified atom stereocenters. The molecule has 0 aromatic heterocycles. The number of hydrogen-bond acceptors (Lipinski definition) is 3. The van der Waals surface area contributed by atoms with Crippen molar-refractivity contribution in [2.45, 2.75) is 65.1 Å². The highest BCUT2D eigenvalue weighted by atomic mass is 16.2. The maximum Gasteiger partial charge on any atom is 0.327 e. The molecule has 2 aliphatic heterocycles. The Hall–Kier alpha value is -1.88. The number of benzene rings is 1. The van der Waals surface area contributed by atoms with Gasteiger partial charge in [-0.3, -0.25) is 9.69 Å². The van der Waals surface area contributed by atoms with Gasteiger partial charge in [-0.2, -0.15) is 0 Å². The fraction of sp³-hybridized carbons (Fsp3) is 0.636. The van der Waals surface area contributed by atoms with Crippen LogP contribution in [0.2, 0.25) is 0 Å². The molecule has 1 spiro atoms. The molecule has 5 nitrogen and oxygen atoms in total. The molecule has 1 aromatic rings. The Morgan fingerprint density at radius 2 is 1.67 bits per heavy atom. The third-order valence-corrected chi connectivity index (χ3v) is 6.19. The average Bonchev–Trinajstić information content (AvgIpc) is 2.85. The topological polar surface area (TPSA) is 43.9 Å². The lowest BCUT2D eigenvalue weighted by atomic mass is 9.84. The summed E-state index contributed by atoms with van der Waals surface area (Å²) in [5, 5.41) is 0. The smallest absolute Gasteiger partial charge is 0.305 e. The second-order valence-corrected chi connectivity index (χ2v) is 8.49. The summed E-state index contributed by atoms with van der Waals surface area (Å²) in [5.74, 6) is 0.285. The van der Waals surface area contributed by atoms with Gasteiger partial charge in [-0.15, -0.1) is 0 Å². The van der Waals surface area contributed by atoms with Crippen molar-refractivity contribution in [1.29, 1.82) is 0 Å². The van der Waals surface area contributed by atoms with Crippen LogP contribution in [-0.2, 0) is 11.3 Å². The summed E-state index contributed by atoms with van der Waals surface area (Å²) in [6.07, 6.45) is 2.56. The number of carbonyl (C=O) groups excluding carboxylic acids is 2. The molecular weight excluding hydrogens is 338 g/mol. The number of carbonyl (C=O) groups is 2. The van der Waals surface area contributed by atoms with Gasteiger partial charge in [-0.05, 0) is 37.7 Å². The SMILES string of the molecule is CC[C@H](C)N1CCC2(CC1)C(=O)N(CC(C)C)C(=O)N2Cc1ccccc1. The van der Waals surface area contributed by atoms with Crippen molar-refractivity contribution in [2.24, 2.45) is 5.92 Å². The van der Waals surface area contributed by atoms with Gasteiger partial charge in [0, 0.05) is 32.2 Å². The van der Waals surface area contributed by atoms with Gasteiger partial charge < -0.3 is 9.80 Å². The second-order valence-electron chi connectivity index (χ2n) is 8.49. The van der Waals surface area contributed by atoms with Gasteiger partial charge in [0.1, 0.15) is 5.54 Å². The first-order valence-corrected chi connectivity index (χ1v) is 10.3. The minimum atomic E-state index is -0.675. The molecule has 2 fully saturated rings. The predicted octanol–water partition coefficient (Wildman–Crippen LogP) is 3.74. The highest BCUT2D eigenvalue weighted by Crippen LogP contribution is 2.39. The van der Waals surface area contributed by atoms with Crippen LogP contribution in [0.5, 0.6) is 0 Å². The molecule has 0 bridgehead atoms. The number of likely N-dealkylation sites (tertiary alicyclic amines) is 1. The van der Waals surface area contributed by atoms with Crippen molar-refractivity contribution in [2.75, 3.05) is 19.6 Å². The van der Waals surface area contributed by atoms with Crippen molar-refractivity contribution in [3.05, 3.63) is 35.9 Å². The van der Waals surface area contributed by atoms with E-state index in [0.717, 1.165) is 37.9 Å². The summed E-state index contributed by atoms with van der Waals surface area (Å²) >= 11 is 0. The Balaban J connectivity index is 1.88. The van der Waals surface area contributed by atoms with Crippen LogP contribution in [0.25, 0.3) is 0 Å². The summed E-state index contributed by atoms with van der Waals surface area (Å²) in [5.41, 5.74) is 0.403. The first-order valence-electron chi connectivity index (χ1n) is 10.3. The van der Waals surface area contributed by atoms with E-state index in [1.54, 1.807) is 0 Å². The lowest BCUT2D eigenvalue weighted by molar-refractivity contribution is -0.136. The van der Waals surface area contributed by atoms with Crippen molar-refractivity contribution in [3.63, 3.8) is 0 Å². The fourth-order valence-corrected chi connectivity index (χ4v) is 4.37. The van der Waals surface area contributed by atoms with E-state index in [-0.39, 0.29) is 17.9 Å². The minimum absolute atomic E-state index is 0.0148. The zero-order valence-corrected chi connectivity index (χ0v) is 17.1. The number of rotatable bonds is 6. The zero-order chi connectivity index (χ0) is 19.6. The van der Waals surface area contributed by atoms with Crippen molar-refractivity contribution in [3.8, 4) is 0 Å². The molecule has 5 heteroatoms. The van der Waals surface area contributed by atoms with Gasteiger partial charge in [0.25, 0.3) is 5.91 Å². The highest BCUT2D eigenvalue weighted by Gasteiger charge is 2.57. The lowest BCUT2D eigenvalue weighted by Crippen LogP contribution is -2.57. The van der Waals surface area contributed by atoms with E-state index in [4.69, 9.17) is 0 Å². The molecule has 1 aromatic carbocycles. The summed E-state index contributed by atoms with van der Waals surface area (Å²) in [6, 6.07) is 10.4. The van der Waals surface area contributed by atoms with Crippen LogP contribution in [0.1, 0.15) is 52.5 Å². The predicted molar refractivity (Wildman–Crippen MR) is 107 cm³/mol. The Bertz CT molecular complexity index is 665.